The zero-order chi connectivity index (χ0) is 63.9. The molecule has 7 aromatic heterocycles. The Kier molecular flexibility index (Phi) is 25.2. The van der Waals surface area contributed by atoms with Crippen LogP contribution in [0.5, 0.6) is 11.6 Å². The van der Waals surface area contributed by atoms with Gasteiger partial charge in [-0.25, -0.2) is 34.4 Å². The summed E-state index contributed by atoms with van der Waals surface area (Å²) in [5.41, 5.74) is -0.859. The van der Waals surface area contributed by atoms with Crippen LogP contribution in [0.25, 0.3) is 0 Å². The Morgan fingerprint density at radius 1 is 0.610 bits per heavy atom. The Morgan fingerprint density at radius 3 is 1.37 bits per heavy atom. The molecule has 7 aromatic rings. The molecular weight excluding hydrogens is 1100 g/mol. The number of urea groups is 1. The number of hydrogen-bond acceptors (Lipinski definition) is 20. The second kappa shape index (κ2) is 28.5. The number of rotatable bonds is 0. The summed E-state index contributed by atoms with van der Waals surface area (Å²) in [6.45, 7) is 47.3. The molecular formula is C52H88N16O12S2. The fourth-order valence-electron chi connectivity index (χ4n) is 5.47. The van der Waals surface area contributed by atoms with E-state index < -0.39 is 28.9 Å². The van der Waals surface area contributed by atoms with Gasteiger partial charge in [0.1, 0.15) is 22.4 Å². The van der Waals surface area contributed by atoms with Gasteiger partial charge >= 0.3 is 28.0 Å². The van der Waals surface area contributed by atoms with E-state index in [0.29, 0.717) is 11.8 Å². The summed E-state index contributed by atoms with van der Waals surface area (Å²) in [4.78, 5) is 90.2. The van der Waals surface area contributed by atoms with Gasteiger partial charge in [-0.15, -0.1) is 10.2 Å². The van der Waals surface area contributed by atoms with Crippen LogP contribution in [0.15, 0.2) is 57.6 Å². The molecule has 8 rings (SSSR count). The lowest BCUT2D eigenvalue weighted by Crippen LogP contribution is -2.43. The number of hydroxylamine groups is 2. The van der Waals surface area contributed by atoms with E-state index in [2.05, 4.69) is 65.2 Å². The van der Waals surface area contributed by atoms with Gasteiger partial charge < -0.3 is 29.0 Å². The van der Waals surface area contributed by atoms with Crippen molar-refractivity contribution in [3.05, 3.63) is 110 Å². The molecule has 1 aliphatic rings. The highest BCUT2D eigenvalue weighted by Gasteiger charge is 2.41. The standard InChI is InChI=1S/C7H12N2O3.3C7H12N2O.2C6H10N2O2.2C6H10N2OS/c1-7(2,3)8-4-5(10)9(12)6(8)11;1-7(2,3)6-8-4-5(10)9-6;1-7(2,3)6-5(10)4-8-9-6;1-7(2,3)9-5-4-6(10)8-9;1-6(2,3)4-7-8-5(9)10-4;1-6(2,3)4-7-5(9)8-10-4;1-6(2,3)4-7-8-5(9)10-4;1-6(2,3)4-7-5(9)8-10-4/h12H,4H2,1-3H3;2*4,10H,1-3H3,(H,8,9);4-5H,1-3H3,(H,8,10);4*1-3H3,(H,8,9). The second-order valence-electron chi connectivity index (χ2n) is 26.5. The molecule has 0 aromatic carbocycles. The third kappa shape index (κ3) is 25.5. The number of imidazole rings is 1. The third-order valence-electron chi connectivity index (χ3n) is 10.0. The van der Waals surface area contributed by atoms with Crippen LogP contribution < -0.4 is 27.6 Å². The van der Waals surface area contributed by atoms with E-state index in [4.69, 9.17) is 19.3 Å². The molecule has 8 heterocycles. The minimum Gasteiger partial charge on any atom is -0.504 e. The molecule has 28 nitrogen and oxygen atoms in total. The predicted molar refractivity (Wildman–Crippen MR) is 313 cm³/mol. The molecule has 3 amide bonds. The average Bonchev–Trinajstić information content (AvgIpc) is 4.15. The third-order valence-corrected chi connectivity index (χ3v) is 12.4. The van der Waals surface area contributed by atoms with E-state index >= 15 is 0 Å². The maximum Gasteiger partial charge on any atom is 0.434 e. The molecule has 460 valence electrons. The summed E-state index contributed by atoms with van der Waals surface area (Å²) in [5, 5.41) is 52.3. The van der Waals surface area contributed by atoms with Gasteiger partial charge in [0, 0.05) is 50.3 Å². The molecule has 0 saturated carbocycles. The smallest absolute Gasteiger partial charge is 0.434 e. The maximum absolute atomic E-state index is 11.1. The summed E-state index contributed by atoms with van der Waals surface area (Å²) in [6.07, 6.45) is 4.59. The molecule has 10 N–H and O–H groups in total. The van der Waals surface area contributed by atoms with Crippen molar-refractivity contribution in [2.75, 3.05) is 6.54 Å². The van der Waals surface area contributed by atoms with Gasteiger partial charge in [-0.05, 0) is 53.1 Å². The highest BCUT2D eigenvalue weighted by Crippen LogP contribution is 2.28. The summed E-state index contributed by atoms with van der Waals surface area (Å²) >= 11 is 2.48. The van der Waals surface area contributed by atoms with Crippen molar-refractivity contribution in [2.45, 2.75) is 210 Å². The fourth-order valence-corrected chi connectivity index (χ4v) is 6.80. The highest BCUT2D eigenvalue weighted by molar-refractivity contribution is 7.09. The van der Waals surface area contributed by atoms with Gasteiger partial charge in [-0.1, -0.05) is 136 Å². The monoisotopic (exact) mass is 1190 g/mol. The lowest BCUT2D eigenvalue weighted by molar-refractivity contribution is -0.146. The number of aromatic nitrogens is 14. The molecule has 30 heteroatoms. The van der Waals surface area contributed by atoms with Gasteiger partial charge in [0.15, 0.2) is 5.75 Å². The minimum absolute atomic E-state index is 0.0101. The molecule has 0 bridgehead atoms. The first-order valence-electron chi connectivity index (χ1n) is 25.7. The van der Waals surface area contributed by atoms with Gasteiger partial charge in [0.25, 0.3) is 11.5 Å². The highest BCUT2D eigenvalue weighted by atomic mass is 32.1. The zero-order valence-electron chi connectivity index (χ0n) is 51.9. The summed E-state index contributed by atoms with van der Waals surface area (Å²) in [7, 11) is 0. The molecule has 0 spiro atoms. The van der Waals surface area contributed by atoms with Crippen molar-refractivity contribution >= 4 is 34.8 Å². The topological polar surface area (TPSA) is 406 Å². The van der Waals surface area contributed by atoms with E-state index in [1.807, 2.05) is 145 Å². The molecule has 82 heavy (non-hydrogen) atoms. The number of H-pyrrole nitrogens is 7. The average molecular weight is 1190 g/mol. The van der Waals surface area contributed by atoms with Crippen LogP contribution in [-0.4, -0.2) is 119 Å². The molecule has 1 fully saturated rings. The molecule has 0 atom stereocenters. The Morgan fingerprint density at radius 2 is 1.17 bits per heavy atom. The number of carbonyl (C=O) groups is 2. The number of aromatic amines is 7. The first kappa shape index (κ1) is 72.5. The lowest BCUT2D eigenvalue weighted by Gasteiger charge is -2.29. The number of imide groups is 1. The Bertz CT molecular complexity index is 3000. The SMILES string of the molecule is CC(C)(C)N1CC(=O)N(O)C1=O.CC(C)(C)c1[nH]ncc1O.CC(C)(C)c1n[nH]c(=O)o1.CC(C)(C)c1n[nH]c(=O)s1.CC(C)(C)c1nc(=O)[nH]o1.CC(C)(C)c1nc(=O)[nH]s1.CC(C)(C)c1ncc(O)[nH]1.CC(C)(C)n1ccc(=O)[nH]1. The number of aromatic hydroxyl groups is 2. The summed E-state index contributed by atoms with van der Waals surface area (Å²) in [5.74, 6) is 0.997. The van der Waals surface area contributed by atoms with Crippen molar-refractivity contribution in [3.8, 4) is 11.6 Å². The first-order chi connectivity index (χ1) is 36.8. The number of amides is 3. The van der Waals surface area contributed by atoms with Crippen LogP contribution in [0.1, 0.15) is 199 Å². The molecule has 1 aliphatic heterocycles. The van der Waals surface area contributed by atoms with E-state index in [1.54, 1.807) is 31.6 Å². The van der Waals surface area contributed by atoms with E-state index in [1.165, 1.54) is 46.2 Å². The number of carbonyl (C=O) groups excluding carboxylic acids is 2. The van der Waals surface area contributed by atoms with E-state index in [0.717, 1.165) is 21.5 Å². The van der Waals surface area contributed by atoms with E-state index in [9.17, 15) is 38.7 Å². The van der Waals surface area contributed by atoms with Crippen LogP contribution in [0, 0.1) is 0 Å². The predicted octanol–water partition coefficient (Wildman–Crippen LogP) is 7.77. The van der Waals surface area contributed by atoms with E-state index in [-0.39, 0.29) is 77.4 Å². The normalized spacial score (nSPS) is 13.0. The van der Waals surface area contributed by atoms with Crippen molar-refractivity contribution in [2.24, 2.45) is 0 Å². The minimum atomic E-state index is -0.646. The molecule has 1 saturated heterocycles. The fraction of sp³-hybridized carbons (Fsp3) is 0.635. The van der Waals surface area contributed by atoms with Crippen LogP contribution in [0.4, 0.5) is 4.79 Å². The van der Waals surface area contributed by atoms with Crippen LogP contribution in [-0.2, 0) is 42.8 Å². The lowest BCUT2D eigenvalue weighted by atomic mass is 9.92. The van der Waals surface area contributed by atoms with Gasteiger partial charge in [-0.3, -0.25) is 38.8 Å². The van der Waals surface area contributed by atoms with Crippen LogP contribution in [0.3, 0.4) is 0 Å². The van der Waals surface area contributed by atoms with Crippen molar-refractivity contribution < 1.29 is 33.9 Å². The molecule has 0 unspecified atom stereocenters. The number of nitrogens with one attached hydrogen (secondary N) is 7. The van der Waals surface area contributed by atoms with Gasteiger partial charge in [0.2, 0.25) is 17.7 Å². The Hall–Kier alpha value is -7.47. The van der Waals surface area contributed by atoms with Crippen LogP contribution in [0.2, 0.25) is 0 Å². The molecule has 0 aliphatic carbocycles. The number of hydrogen-bond donors (Lipinski definition) is 10. The second-order valence-corrected chi connectivity index (χ2v) is 28.3. The summed E-state index contributed by atoms with van der Waals surface area (Å²) < 4.78 is 13.8. The molecule has 0 radical (unpaired) electrons. The van der Waals surface area contributed by atoms with Gasteiger partial charge in [-0.2, -0.15) is 25.3 Å². The quantitative estimate of drug-likeness (QED) is 0.0512. The van der Waals surface area contributed by atoms with Crippen molar-refractivity contribution in [1.29, 1.82) is 0 Å². The first-order valence-corrected chi connectivity index (χ1v) is 27.3. The zero-order valence-corrected chi connectivity index (χ0v) is 53.5. The van der Waals surface area contributed by atoms with Gasteiger partial charge in [0.05, 0.1) is 23.6 Å². The number of nitrogens with zero attached hydrogens (tertiary/aromatic N) is 9. The van der Waals surface area contributed by atoms with Crippen molar-refractivity contribution in [3.63, 3.8) is 0 Å². The Labute approximate surface area is 484 Å². The summed E-state index contributed by atoms with van der Waals surface area (Å²) in [6, 6.07) is 0.873. The van der Waals surface area contributed by atoms with Crippen molar-refractivity contribution in [1.82, 2.24) is 79.8 Å². The Balaban J connectivity index is 0.000000469. The maximum atomic E-state index is 11.1. The largest absolute Gasteiger partial charge is 0.504 e. The van der Waals surface area contributed by atoms with Crippen LogP contribution >= 0.6 is 22.9 Å².